The summed E-state index contributed by atoms with van der Waals surface area (Å²) in [5, 5.41) is 0. The second kappa shape index (κ2) is 4.47. The molecule has 6 N–H and O–H groups in total. The maximum atomic E-state index is 11.8. The number of nitrogens with two attached hydrogens (primary N) is 3. The van der Waals surface area contributed by atoms with E-state index < -0.39 is 0 Å². The number of anilines is 1. The van der Waals surface area contributed by atoms with Gasteiger partial charge in [-0.2, -0.15) is 4.99 Å². The van der Waals surface area contributed by atoms with Gasteiger partial charge in [0.2, 0.25) is 11.9 Å². The number of nitrogens with zero attached hydrogens (tertiary/aromatic N) is 3. The van der Waals surface area contributed by atoms with Gasteiger partial charge in [-0.15, -0.1) is 0 Å². The number of amides is 1. The standard InChI is InChI=1S/C14H18N6O/c1-8(21)20-7-14(4-5-14)10-3-2-9(6-11(10)20)18-13(17)19-12(15)16/h2-3,6H,4-5,7H2,1H3,(H6,15,16,17,18,19). The number of benzene rings is 1. The Morgan fingerprint density at radius 3 is 2.57 bits per heavy atom. The van der Waals surface area contributed by atoms with E-state index in [2.05, 4.69) is 9.98 Å². The number of fused-ring (bicyclic) bond motifs is 2. The van der Waals surface area contributed by atoms with E-state index in [-0.39, 0.29) is 23.2 Å². The predicted molar refractivity (Wildman–Crippen MR) is 82.5 cm³/mol. The Balaban J connectivity index is 2.00. The first kappa shape index (κ1) is 13.4. The van der Waals surface area contributed by atoms with Crippen LogP contribution >= 0.6 is 0 Å². The molecule has 0 saturated heterocycles. The summed E-state index contributed by atoms with van der Waals surface area (Å²) < 4.78 is 0. The third-order valence-corrected chi connectivity index (χ3v) is 4.03. The number of rotatable bonds is 1. The highest BCUT2D eigenvalue weighted by molar-refractivity contribution is 5.97. The van der Waals surface area contributed by atoms with Gasteiger partial charge in [-0.25, -0.2) is 4.99 Å². The molecule has 0 aromatic heterocycles. The summed E-state index contributed by atoms with van der Waals surface area (Å²) in [7, 11) is 0. The van der Waals surface area contributed by atoms with Crippen LogP contribution in [-0.2, 0) is 10.2 Å². The molecule has 1 fully saturated rings. The Morgan fingerprint density at radius 1 is 1.29 bits per heavy atom. The largest absolute Gasteiger partial charge is 0.370 e. The molecule has 1 aliphatic carbocycles. The van der Waals surface area contributed by atoms with Crippen molar-refractivity contribution in [3.05, 3.63) is 23.8 Å². The number of hydrogen-bond acceptors (Lipinski definition) is 2. The molecule has 0 unspecified atom stereocenters. The molecule has 1 amide bonds. The summed E-state index contributed by atoms with van der Waals surface area (Å²) in [6.45, 7) is 2.34. The Bertz CT molecular complexity index is 670. The van der Waals surface area contributed by atoms with Crippen LogP contribution in [0.3, 0.4) is 0 Å². The molecule has 1 aromatic carbocycles. The zero-order chi connectivity index (χ0) is 15.2. The fourth-order valence-corrected chi connectivity index (χ4v) is 2.88. The van der Waals surface area contributed by atoms with Gasteiger partial charge in [-0.05, 0) is 30.5 Å². The van der Waals surface area contributed by atoms with E-state index in [4.69, 9.17) is 17.2 Å². The fraction of sp³-hybridized carbons (Fsp3) is 0.357. The molecular formula is C14H18N6O. The van der Waals surface area contributed by atoms with Crippen LogP contribution in [0.5, 0.6) is 0 Å². The van der Waals surface area contributed by atoms with Gasteiger partial charge in [-0.3, -0.25) is 4.79 Å². The Hall–Kier alpha value is -2.57. The maximum absolute atomic E-state index is 11.8. The van der Waals surface area contributed by atoms with E-state index in [9.17, 15) is 4.79 Å². The smallest absolute Gasteiger partial charge is 0.223 e. The van der Waals surface area contributed by atoms with E-state index in [1.807, 2.05) is 18.2 Å². The third kappa shape index (κ3) is 2.31. The van der Waals surface area contributed by atoms with Gasteiger partial charge in [0.25, 0.3) is 0 Å². The average molecular weight is 286 g/mol. The highest BCUT2D eigenvalue weighted by Gasteiger charge is 2.52. The maximum Gasteiger partial charge on any atom is 0.223 e. The molecule has 7 heteroatoms. The molecular weight excluding hydrogens is 268 g/mol. The summed E-state index contributed by atoms with van der Waals surface area (Å²) in [4.78, 5) is 21.4. The van der Waals surface area contributed by atoms with Gasteiger partial charge in [0, 0.05) is 24.6 Å². The van der Waals surface area contributed by atoms with E-state index in [1.165, 1.54) is 5.56 Å². The normalized spacial score (nSPS) is 18.5. The topological polar surface area (TPSA) is 123 Å². The lowest BCUT2D eigenvalue weighted by molar-refractivity contribution is -0.116. The first-order valence-corrected chi connectivity index (χ1v) is 6.78. The minimum atomic E-state index is -0.139. The van der Waals surface area contributed by atoms with Gasteiger partial charge in [0.15, 0.2) is 5.96 Å². The number of carbonyl (C=O) groups excluding carboxylic acids is 1. The highest BCUT2D eigenvalue weighted by Crippen LogP contribution is 2.56. The van der Waals surface area contributed by atoms with Crippen molar-refractivity contribution in [1.29, 1.82) is 0 Å². The number of aliphatic imine (C=N–C) groups is 2. The molecule has 0 atom stereocenters. The van der Waals surface area contributed by atoms with E-state index in [0.29, 0.717) is 5.69 Å². The van der Waals surface area contributed by atoms with Crippen LogP contribution in [0.15, 0.2) is 28.2 Å². The Labute approximate surface area is 122 Å². The lowest BCUT2D eigenvalue weighted by atomic mass is 9.98. The minimum Gasteiger partial charge on any atom is -0.370 e. The zero-order valence-corrected chi connectivity index (χ0v) is 11.8. The minimum absolute atomic E-state index is 0.0107. The Morgan fingerprint density at radius 2 is 2.00 bits per heavy atom. The van der Waals surface area contributed by atoms with Crippen molar-refractivity contribution >= 4 is 29.2 Å². The molecule has 1 heterocycles. The first-order valence-electron chi connectivity index (χ1n) is 6.78. The second-order valence-corrected chi connectivity index (χ2v) is 5.59. The average Bonchev–Trinajstić information content (AvgIpc) is 3.07. The van der Waals surface area contributed by atoms with Crippen LogP contribution in [0.25, 0.3) is 0 Å². The molecule has 1 aromatic rings. The van der Waals surface area contributed by atoms with Crippen LogP contribution < -0.4 is 22.1 Å². The van der Waals surface area contributed by atoms with Crippen molar-refractivity contribution in [2.24, 2.45) is 27.2 Å². The van der Waals surface area contributed by atoms with E-state index >= 15 is 0 Å². The summed E-state index contributed by atoms with van der Waals surface area (Å²) >= 11 is 0. The van der Waals surface area contributed by atoms with Crippen LogP contribution in [-0.4, -0.2) is 24.4 Å². The van der Waals surface area contributed by atoms with Crippen molar-refractivity contribution in [3.8, 4) is 0 Å². The molecule has 0 radical (unpaired) electrons. The number of carbonyl (C=O) groups is 1. The Kier molecular flexibility index (Phi) is 2.86. The molecule has 1 saturated carbocycles. The second-order valence-electron chi connectivity index (χ2n) is 5.59. The van der Waals surface area contributed by atoms with Crippen LogP contribution in [0, 0.1) is 0 Å². The van der Waals surface area contributed by atoms with Gasteiger partial charge in [0.05, 0.1) is 5.69 Å². The van der Waals surface area contributed by atoms with Gasteiger partial charge in [0.1, 0.15) is 0 Å². The van der Waals surface area contributed by atoms with Crippen LogP contribution in [0.2, 0.25) is 0 Å². The summed E-state index contributed by atoms with van der Waals surface area (Å²) in [6.07, 6.45) is 2.26. The molecule has 2 aliphatic rings. The van der Waals surface area contributed by atoms with Crippen LogP contribution in [0.1, 0.15) is 25.3 Å². The summed E-state index contributed by atoms with van der Waals surface area (Å²) in [5.74, 6) is -0.110. The van der Waals surface area contributed by atoms with Crippen molar-refractivity contribution in [2.45, 2.75) is 25.2 Å². The zero-order valence-electron chi connectivity index (χ0n) is 11.8. The van der Waals surface area contributed by atoms with Crippen molar-refractivity contribution < 1.29 is 4.79 Å². The molecule has 3 rings (SSSR count). The molecule has 1 spiro atoms. The highest BCUT2D eigenvalue weighted by atomic mass is 16.2. The van der Waals surface area contributed by atoms with Gasteiger partial charge in [-0.1, -0.05) is 6.07 Å². The number of hydrogen-bond donors (Lipinski definition) is 3. The van der Waals surface area contributed by atoms with Crippen LogP contribution in [0.4, 0.5) is 11.4 Å². The van der Waals surface area contributed by atoms with E-state index in [0.717, 1.165) is 25.1 Å². The quantitative estimate of drug-likeness (QED) is 0.507. The lowest BCUT2D eigenvalue weighted by Crippen LogP contribution is -2.28. The molecule has 7 nitrogen and oxygen atoms in total. The third-order valence-electron chi connectivity index (χ3n) is 4.03. The lowest BCUT2D eigenvalue weighted by Gasteiger charge is -2.15. The number of guanidine groups is 2. The summed E-state index contributed by atoms with van der Waals surface area (Å²) in [5.41, 5.74) is 19.1. The van der Waals surface area contributed by atoms with Gasteiger partial charge >= 0.3 is 0 Å². The van der Waals surface area contributed by atoms with Gasteiger partial charge < -0.3 is 22.1 Å². The SMILES string of the molecule is CC(=O)N1CC2(CC2)c2ccc(N=C(N)N=C(N)N)cc21. The molecule has 21 heavy (non-hydrogen) atoms. The predicted octanol–water partition coefficient (Wildman–Crippen LogP) is 0.304. The van der Waals surface area contributed by atoms with Crippen molar-refractivity contribution in [2.75, 3.05) is 11.4 Å². The van der Waals surface area contributed by atoms with E-state index in [1.54, 1.807) is 11.8 Å². The molecule has 0 bridgehead atoms. The fourth-order valence-electron chi connectivity index (χ4n) is 2.88. The first-order chi connectivity index (χ1) is 9.91. The summed E-state index contributed by atoms with van der Waals surface area (Å²) in [6, 6.07) is 5.75. The molecule has 1 aliphatic heterocycles. The monoisotopic (exact) mass is 286 g/mol. The van der Waals surface area contributed by atoms with Crippen molar-refractivity contribution in [1.82, 2.24) is 0 Å². The molecule has 110 valence electrons. The van der Waals surface area contributed by atoms with Crippen molar-refractivity contribution in [3.63, 3.8) is 0 Å².